The van der Waals surface area contributed by atoms with Crippen molar-refractivity contribution in [1.82, 2.24) is 43.1 Å². The zero-order valence-electron chi connectivity index (χ0n) is 43.6. The number of hydrogen-bond acceptors (Lipinski definition) is 15. The van der Waals surface area contributed by atoms with Gasteiger partial charge < -0.3 is 31.5 Å². The van der Waals surface area contributed by atoms with Gasteiger partial charge in [-0.3, -0.25) is 18.0 Å². The minimum atomic E-state index is -3.71. The van der Waals surface area contributed by atoms with Crippen LogP contribution in [-0.2, 0) is 34.5 Å². The van der Waals surface area contributed by atoms with Crippen molar-refractivity contribution < 1.29 is 23.4 Å². The van der Waals surface area contributed by atoms with Gasteiger partial charge in [0.05, 0.1) is 52.2 Å². The molecule has 0 aliphatic rings. The van der Waals surface area contributed by atoms with Crippen LogP contribution < -0.4 is 26.4 Å². The molecule has 1 amide bonds. The van der Waals surface area contributed by atoms with Crippen LogP contribution in [0.4, 0.5) is 23.1 Å². The van der Waals surface area contributed by atoms with Crippen LogP contribution in [0.3, 0.4) is 0 Å². The number of aromatic hydroxyl groups is 2. The molecule has 6 aromatic heterocycles. The Bertz CT molecular complexity index is 4340. The Hall–Kier alpha value is -10.7. The zero-order chi connectivity index (χ0) is 57.2. The summed E-state index contributed by atoms with van der Waals surface area (Å²) >= 11 is 5.92. The molecule has 8 N–H and O–H groups in total. The molecule has 408 valence electrons. The van der Waals surface area contributed by atoms with Gasteiger partial charge in [-0.15, -0.1) is 0 Å². The largest absolute Gasteiger partial charge is 0.508 e. The maximum absolute atomic E-state index is 11.4. The molecule has 20 nitrogen and oxygen atoms in total. The summed E-state index contributed by atoms with van der Waals surface area (Å²) in [5, 5.41) is 46.2. The predicted octanol–water partition coefficient (Wildman–Crippen LogP) is 10.6. The summed E-state index contributed by atoms with van der Waals surface area (Å²) in [5.41, 5.74) is 12.1. The Morgan fingerprint density at radius 2 is 0.890 bits per heavy atom. The van der Waals surface area contributed by atoms with E-state index in [0.717, 1.165) is 72.5 Å². The minimum absolute atomic E-state index is 0.0684. The lowest BCUT2D eigenvalue weighted by atomic mass is 10.1. The summed E-state index contributed by atoms with van der Waals surface area (Å²) in [7, 11) is -3.71. The number of fused-ring (bicyclic) bond motifs is 3. The first-order valence-electron chi connectivity index (χ1n) is 25.3. The summed E-state index contributed by atoms with van der Waals surface area (Å²) in [6, 6.07) is 45.1. The van der Waals surface area contributed by atoms with Gasteiger partial charge in [0.1, 0.15) is 11.5 Å². The number of carbonyl (C=O) groups is 1. The Morgan fingerprint density at radius 3 is 1.24 bits per heavy atom. The average molecular weight is 1130 g/mol. The number of primary sulfonamides is 1. The Balaban J connectivity index is 0.000000139. The number of nitrogens with zero attached hydrogens (tertiary/aromatic N) is 10. The van der Waals surface area contributed by atoms with Crippen molar-refractivity contribution in [1.29, 1.82) is 5.26 Å². The first-order chi connectivity index (χ1) is 39.8. The summed E-state index contributed by atoms with van der Waals surface area (Å²) in [6.07, 6.45) is 16.0. The van der Waals surface area contributed by atoms with Crippen LogP contribution in [0.25, 0.3) is 50.7 Å². The molecule has 0 saturated carbocycles. The molecule has 0 unspecified atom stereocenters. The van der Waals surface area contributed by atoms with E-state index in [1.54, 1.807) is 85.7 Å². The fourth-order valence-corrected chi connectivity index (χ4v) is 9.26. The minimum Gasteiger partial charge on any atom is -0.508 e. The number of halogens is 1. The van der Waals surface area contributed by atoms with Crippen molar-refractivity contribution in [2.45, 2.75) is 31.5 Å². The van der Waals surface area contributed by atoms with Crippen molar-refractivity contribution in [3.63, 3.8) is 0 Å². The smallest absolute Gasteiger partial charge is 0.238 e. The van der Waals surface area contributed by atoms with E-state index in [-0.39, 0.29) is 22.3 Å². The second-order valence-electron chi connectivity index (χ2n) is 18.4. The van der Waals surface area contributed by atoms with Gasteiger partial charge in [0.25, 0.3) is 0 Å². The van der Waals surface area contributed by atoms with Gasteiger partial charge in [-0.05, 0) is 114 Å². The number of aromatic nitrogens is 9. The highest BCUT2D eigenvalue weighted by molar-refractivity contribution is 7.89. The van der Waals surface area contributed by atoms with Crippen LogP contribution in [0, 0.1) is 11.3 Å². The molecular weight excluding hydrogens is 1080 g/mol. The molecule has 6 aromatic carbocycles. The number of imidazole rings is 3. The summed E-state index contributed by atoms with van der Waals surface area (Å²) in [5.74, 6) is 2.34. The van der Waals surface area contributed by atoms with Gasteiger partial charge in [0.2, 0.25) is 15.9 Å². The molecule has 0 aliphatic heterocycles. The van der Waals surface area contributed by atoms with Crippen molar-refractivity contribution >= 4 is 67.6 Å². The SMILES string of the molecule is CC(=O)Nc1ccc(-c2cnc3c(NCc4ccc(S(N)(=O)=O)cc4)nccn23)cc1.N#Cc1ccc(CNc2nccn3c(-c4ccc(O)cc4)cnc23)cc1.Oc1ccc(-c2cnc3c(NCc4ccc(Cl)cc4)nccn23)cc1. The molecule has 12 aromatic rings. The van der Waals surface area contributed by atoms with Gasteiger partial charge in [-0.25, -0.2) is 43.5 Å². The van der Waals surface area contributed by atoms with Crippen LogP contribution in [0.5, 0.6) is 11.5 Å². The summed E-state index contributed by atoms with van der Waals surface area (Å²) in [6.45, 7) is 3.12. The number of nitrogens with one attached hydrogen (secondary N) is 4. The van der Waals surface area contributed by atoms with Crippen LogP contribution in [0.15, 0.2) is 206 Å². The molecule has 0 fully saturated rings. The highest BCUT2D eigenvalue weighted by Crippen LogP contribution is 2.29. The van der Waals surface area contributed by atoms with E-state index in [1.807, 2.05) is 117 Å². The highest BCUT2D eigenvalue weighted by Gasteiger charge is 2.15. The number of carbonyl (C=O) groups excluding carboxylic acids is 1. The molecule has 82 heavy (non-hydrogen) atoms. The molecule has 0 spiro atoms. The van der Waals surface area contributed by atoms with Crippen LogP contribution in [0.1, 0.15) is 29.2 Å². The number of sulfonamides is 1. The number of rotatable bonds is 14. The van der Waals surface area contributed by atoms with E-state index < -0.39 is 10.0 Å². The predicted molar refractivity (Wildman–Crippen MR) is 315 cm³/mol. The third kappa shape index (κ3) is 13.1. The van der Waals surface area contributed by atoms with E-state index in [2.05, 4.69) is 57.2 Å². The number of phenolic OH excluding ortho intramolecular Hbond substituents is 2. The maximum Gasteiger partial charge on any atom is 0.238 e. The van der Waals surface area contributed by atoms with Gasteiger partial charge in [-0.1, -0.05) is 60.1 Å². The van der Waals surface area contributed by atoms with E-state index in [1.165, 1.54) is 19.1 Å². The summed E-state index contributed by atoms with van der Waals surface area (Å²) < 4.78 is 28.6. The normalized spacial score (nSPS) is 11.0. The highest BCUT2D eigenvalue weighted by atomic mass is 35.5. The molecule has 0 radical (unpaired) electrons. The lowest BCUT2D eigenvalue weighted by molar-refractivity contribution is -0.114. The zero-order valence-corrected chi connectivity index (χ0v) is 45.2. The molecule has 22 heteroatoms. The maximum atomic E-state index is 11.4. The standard InChI is InChI=1S/C21H20N6O3S.C20H15N5O.C19H15ClN4O/c1-14(28)26-17-6-4-16(5-7-17)19-13-25-21-20(23-10-11-27(19)21)24-12-15-2-8-18(9-3-15)31(22,29)30;21-11-14-1-3-15(4-2-14)12-23-19-20-24-13-18(25(20)10-9-22-19)16-5-7-17(26)8-6-16;20-15-5-1-13(2-6-15)11-22-18-19-23-12-17(24(19)10-9-21-18)14-3-7-16(25)8-4-14/h2-11,13H,12H2,1H3,(H,23,24)(H,26,28)(H2,22,29,30);1-10,13,26H,12H2,(H,22,23);1-10,12,25H,11H2,(H,21,22). The first-order valence-corrected chi connectivity index (χ1v) is 27.2. The van der Waals surface area contributed by atoms with Gasteiger partial charge >= 0.3 is 0 Å². The molecule has 6 heterocycles. The fourth-order valence-electron chi connectivity index (χ4n) is 8.62. The number of anilines is 4. The number of hydrogen-bond donors (Lipinski definition) is 7. The van der Waals surface area contributed by atoms with E-state index in [4.69, 9.17) is 22.0 Å². The van der Waals surface area contributed by atoms with Crippen LogP contribution in [0.2, 0.25) is 5.02 Å². The molecule has 0 bridgehead atoms. The van der Waals surface area contributed by atoms with Gasteiger partial charge in [0, 0.05) is 91.1 Å². The topological polar surface area (TPSA) is 280 Å². The average Bonchev–Trinajstić information content (AvgIpc) is 4.34. The lowest BCUT2D eigenvalue weighted by Gasteiger charge is -2.09. The van der Waals surface area contributed by atoms with E-state index in [9.17, 15) is 23.4 Å². The Kier molecular flexibility index (Phi) is 16.4. The molecule has 0 aliphatic carbocycles. The number of phenols is 2. The van der Waals surface area contributed by atoms with Crippen molar-refractivity contribution in [2.24, 2.45) is 5.14 Å². The molecule has 0 atom stereocenters. The molecule has 12 rings (SSSR count). The fraction of sp³-hybridized carbons (Fsp3) is 0.0667. The second kappa shape index (κ2) is 24.6. The van der Waals surface area contributed by atoms with Crippen LogP contribution >= 0.6 is 11.6 Å². The second-order valence-corrected chi connectivity index (χ2v) is 20.4. The van der Waals surface area contributed by atoms with Gasteiger partial charge in [0.15, 0.2) is 34.4 Å². The molecule has 0 saturated heterocycles. The van der Waals surface area contributed by atoms with E-state index in [0.29, 0.717) is 48.3 Å². The number of amides is 1. The van der Waals surface area contributed by atoms with E-state index >= 15 is 0 Å². The third-order valence-corrected chi connectivity index (χ3v) is 13.9. The number of nitriles is 1. The third-order valence-electron chi connectivity index (χ3n) is 12.7. The molecular formula is C60H50ClN15O5S. The van der Waals surface area contributed by atoms with Crippen molar-refractivity contribution in [3.8, 4) is 51.3 Å². The van der Waals surface area contributed by atoms with Crippen LogP contribution in [-0.4, -0.2) is 67.6 Å². The summed E-state index contributed by atoms with van der Waals surface area (Å²) in [4.78, 5) is 37.9. The Morgan fingerprint density at radius 1 is 0.537 bits per heavy atom. The van der Waals surface area contributed by atoms with Crippen molar-refractivity contribution in [3.05, 3.63) is 229 Å². The van der Waals surface area contributed by atoms with Crippen molar-refractivity contribution in [2.75, 3.05) is 21.3 Å². The number of nitrogens with two attached hydrogens (primary N) is 1. The monoisotopic (exact) mass is 1130 g/mol. The quantitative estimate of drug-likeness (QED) is 0.0533. The number of benzene rings is 6. The first kappa shape index (κ1) is 54.7. The Labute approximate surface area is 475 Å². The van der Waals surface area contributed by atoms with Gasteiger partial charge in [-0.2, -0.15) is 5.26 Å². The lowest BCUT2D eigenvalue weighted by Crippen LogP contribution is -2.12.